The van der Waals surface area contributed by atoms with Gasteiger partial charge in [0.15, 0.2) is 11.5 Å². The van der Waals surface area contributed by atoms with Crippen LogP contribution in [0.15, 0.2) is 59.6 Å². The Morgan fingerprint density at radius 3 is 2.51 bits per heavy atom. The van der Waals surface area contributed by atoms with Crippen LogP contribution < -0.4 is 10.0 Å². The molecule has 1 aliphatic heterocycles. The highest BCUT2D eigenvalue weighted by molar-refractivity contribution is 7.89. The lowest BCUT2D eigenvalue weighted by Crippen LogP contribution is -2.38. The van der Waals surface area contributed by atoms with Crippen LogP contribution in [0.5, 0.6) is 0 Å². The monoisotopic (exact) mass is 523 g/mol. The quantitative estimate of drug-likeness (QED) is 0.371. The third kappa shape index (κ3) is 5.31. The van der Waals surface area contributed by atoms with Gasteiger partial charge in [0.2, 0.25) is 10.0 Å². The highest BCUT2D eigenvalue weighted by atomic mass is 32.2. The second-order valence-electron chi connectivity index (χ2n) is 8.79. The van der Waals surface area contributed by atoms with Gasteiger partial charge in [-0.05, 0) is 18.4 Å². The Balaban J connectivity index is 1.45. The number of sulfonamides is 1. The first-order valence-corrected chi connectivity index (χ1v) is 13.5. The smallest absolute Gasteiger partial charge is 0.270 e. The summed E-state index contributed by atoms with van der Waals surface area (Å²) in [4.78, 5) is 36.4. The van der Waals surface area contributed by atoms with Crippen molar-refractivity contribution in [3.8, 4) is 0 Å². The van der Waals surface area contributed by atoms with Gasteiger partial charge in [0, 0.05) is 31.7 Å². The van der Waals surface area contributed by atoms with Crippen molar-refractivity contribution in [3.05, 3.63) is 77.8 Å². The van der Waals surface area contributed by atoms with E-state index in [9.17, 15) is 18.0 Å². The lowest BCUT2D eigenvalue weighted by molar-refractivity contribution is 0.0706. The fourth-order valence-electron chi connectivity index (χ4n) is 4.36. The van der Waals surface area contributed by atoms with Crippen molar-refractivity contribution in [2.45, 2.75) is 25.3 Å². The van der Waals surface area contributed by atoms with Crippen molar-refractivity contribution >= 4 is 33.3 Å². The van der Waals surface area contributed by atoms with Gasteiger partial charge in [-0.2, -0.15) is 9.61 Å². The summed E-state index contributed by atoms with van der Waals surface area (Å²) in [6.07, 6.45) is 8.11. The molecule has 4 heterocycles. The highest BCUT2D eigenvalue weighted by Crippen LogP contribution is 2.29. The molecule has 5 rings (SSSR count). The standard InChI is InChI=1S/C24H25N7O5S/c1-37(34,35)29-22(32)18-15-28-31-20(18)27-14-19(21(31)26-13-16-5-3-2-4-6-16)24(33)30-10-7-17(8-11-30)23-25-9-12-36-23/h2-6,9,12,14-15,17,26H,7-8,10-11,13H2,1H3,(H,29,32). The molecule has 0 saturated carbocycles. The number of benzene rings is 1. The predicted octanol–water partition coefficient (Wildman–Crippen LogP) is 2.04. The van der Waals surface area contributed by atoms with Crippen LogP contribution in [0.4, 0.5) is 5.82 Å². The van der Waals surface area contributed by atoms with E-state index in [4.69, 9.17) is 4.42 Å². The molecule has 192 valence electrons. The molecule has 1 saturated heterocycles. The molecular weight excluding hydrogens is 498 g/mol. The third-order valence-electron chi connectivity index (χ3n) is 6.17. The van der Waals surface area contributed by atoms with Crippen molar-refractivity contribution < 1.29 is 22.4 Å². The van der Waals surface area contributed by atoms with E-state index >= 15 is 0 Å². The van der Waals surface area contributed by atoms with E-state index in [1.165, 1.54) is 16.9 Å². The Morgan fingerprint density at radius 1 is 1.08 bits per heavy atom. The van der Waals surface area contributed by atoms with Crippen molar-refractivity contribution in [2.75, 3.05) is 24.7 Å². The summed E-state index contributed by atoms with van der Waals surface area (Å²) in [5, 5.41) is 7.52. The number of nitrogens with one attached hydrogen (secondary N) is 2. The third-order valence-corrected chi connectivity index (χ3v) is 6.72. The number of carbonyl (C=O) groups is 2. The molecule has 0 spiro atoms. The number of hydrogen-bond donors (Lipinski definition) is 2. The van der Waals surface area contributed by atoms with E-state index < -0.39 is 15.9 Å². The summed E-state index contributed by atoms with van der Waals surface area (Å²) in [5.74, 6) is 0.0986. The number of likely N-dealkylation sites (tertiary alicyclic amines) is 1. The second-order valence-corrected chi connectivity index (χ2v) is 10.5. The average molecular weight is 524 g/mol. The first-order chi connectivity index (χ1) is 17.8. The number of hydrogen-bond acceptors (Lipinski definition) is 9. The molecule has 2 amide bonds. The molecule has 4 aromatic rings. The Hall–Kier alpha value is -4.26. The molecule has 13 heteroatoms. The molecule has 0 unspecified atom stereocenters. The summed E-state index contributed by atoms with van der Waals surface area (Å²) in [6, 6.07) is 9.60. The molecule has 1 aromatic carbocycles. The fraction of sp³-hybridized carbons (Fsp3) is 0.292. The summed E-state index contributed by atoms with van der Waals surface area (Å²) >= 11 is 0. The van der Waals surface area contributed by atoms with Crippen LogP contribution in [0.3, 0.4) is 0 Å². The molecule has 3 aromatic heterocycles. The van der Waals surface area contributed by atoms with Gasteiger partial charge in [-0.1, -0.05) is 30.3 Å². The fourth-order valence-corrected chi connectivity index (χ4v) is 4.81. The Kier molecular flexibility index (Phi) is 6.61. The van der Waals surface area contributed by atoms with Gasteiger partial charge < -0.3 is 14.6 Å². The Morgan fingerprint density at radius 2 is 1.84 bits per heavy atom. The average Bonchev–Trinajstić information content (AvgIpc) is 3.57. The van der Waals surface area contributed by atoms with Crippen LogP contribution in [-0.2, 0) is 16.6 Å². The minimum atomic E-state index is -3.78. The zero-order valence-electron chi connectivity index (χ0n) is 20.0. The minimum Gasteiger partial charge on any atom is -0.449 e. The lowest BCUT2D eigenvalue weighted by Gasteiger charge is -2.31. The van der Waals surface area contributed by atoms with Crippen molar-refractivity contribution in [3.63, 3.8) is 0 Å². The molecule has 37 heavy (non-hydrogen) atoms. The highest BCUT2D eigenvalue weighted by Gasteiger charge is 2.29. The van der Waals surface area contributed by atoms with Gasteiger partial charge in [0.25, 0.3) is 11.8 Å². The summed E-state index contributed by atoms with van der Waals surface area (Å²) in [5.41, 5.74) is 1.35. The maximum Gasteiger partial charge on any atom is 0.270 e. The van der Waals surface area contributed by atoms with Crippen LogP contribution in [0, 0.1) is 0 Å². The van der Waals surface area contributed by atoms with E-state index in [0.29, 0.717) is 44.2 Å². The summed E-state index contributed by atoms with van der Waals surface area (Å²) < 4.78 is 31.8. The Labute approximate surface area is 212 Å². The number of anilines is 1. The van der Waals surface area contributed by atoms with Crippen molar-refractivity contribution in [1.29, 1.82) is 0 Å². The number of carbonyl (C=O) groups excluding carboxylic acids is 2. The molecule has 12 nitrogen and oxygen atoms in total. The number of piperidine rings is 1. The molecular formula is C24H25N7O5S. The number of nitrogens with zero attached hydrogens (tertiary/aromatic N) is 5. The Bertz CT molecular complexity index is 1530. The second kappa shape index (κ2) is 10.0. The van der Waals surface area contributed by atoms with Crippen molar-refractivity contribution in [2.24, 2.45) is 0 Å². The predicted molar refractivity (Wildman–Crippen MR) is 133 cm³/mol. The minimum absolute atomic E-state index is 0.0288. The number of amides is 2. The summed E-state index contributed by atoms with van der Waals surface area (Å²) in [7, 11) is -3.78. The number of aromatic nitrogens is 4. The normalized spacial score (nSPS) is 14.6. The molecule has 2 N–H and O–H groups in total. The van der Waals surface area contributed by atoms with Gasteiger partial charge >= 0.3 is 0 Å². The van der Waals surface area contributed by atoms with E-state index in [0.717, 1.165) is 11.8 Å². The molecule has 0 atom stereocenters. The first kappa shape index (κ1) is 24.4. The lowest BCUT2D eigenvalue weighted by atomic mass is 9.96. The maximum atomic E-state index is 13.6. The van der Waals surface area contributed by atoms with Gasteiger partial charge in [-0.25, -0.2) is 23.1 Å². The van der Waals surface area contributed by atoms with Gasteiger partial charge in [-0.3, -0.25) is 9.59 Å². The van der Waals surface area contributed by atoms with Crippen LogP contribution in [0.25, 0.3) is 5.65 Å². The van der Waals surface area contributed by atoms with Crippen LogP contribution in [0.1, 0.15) is 50.9 Å². The molecule has 0 aliphatic carbocycles. The van der Waals surface area contributed by atoms with Crippen molar-refractivity contribution in [1.82, 2.24) is 29.2 Å². The number of oxazole rings is 1. The molecule has 0 bridgehead atoms. The SMILES string of the molecule is CS(=O)(=O)NC(=O)c1cnn2c(NCc3ccccc3)c(C(=O)N3CCC(c4ncco4)CC3)cnc12. The van der Waals surface area contributed by atoms with Gasteiger partial charge in [0.05, 0.1) is 18.6 Å². The van der Waals surface area contributed by atoms with Gasteiger partial charge in [-0.15, -0.1) is 0 Å². The topological polar surface area (TPSA) is 152 Å². The molecule has 1 aliphatic rings. The number of rotatable bonds is 7. The largest absolute Gasteiger partial charge is 0.449 e. The van der Waals surface area contributed by atoms with Crippen LogP contribution in [0.2, 0.25) is 0 Å². The summed E-state index contributed by atoms with van der Waals surface area (Å²) in [6.45, 7) is 1.42. The maximum absolute atomic E-state index is 13.6. The van der Waals surface area contributed by atoms with Gasteiger partial charge in [0.1, 0.15) is 23.2 Å². The zero-order chi connectivity index (χ0) is 26.0. The molecule has 0 radical (unpaired) electrons. The van der Waals surface area contributed by atoms with E-state index in [2.05, 4.69) is 20.4 Å². The van der Waals surface area contributed by atoms with E-state index in [-0.39, 0.29) is 28.6 Å². The first-order valence-electron chi connectivity index (χ1n) is 11.7. The van der Waals surface area contributed by atoms with E-state index in [1.54, 1.807) is 17.4 Å². The van der Waals surface area contributed by atoms with Crippen LogP contribution >= 0.6 is 0 Å². The van der Waals surface area contributed by atoms with E-state index in [1.807, 2.05) is 35.1 Å². The molecule has 1 fully saturated rings. The number of fused-ring (bicyclic) bond motifs is 1. The van der Waals surface area contributed by atoms with Crippen LogP contribution in [-0.4, -0.2) is 64.1 Å². The zero-order valence-corrected chi connectivity index (χ0v) is 20.8.